The van der Waals surface area contributed by atoms with Crippen molar-refractivity contribution in [3.63, 3.8) is 0 Å². The molecular formula is C19H19BF2N2O. The first kappa shape index (κ1) is 17.2. The Hall–Kier alpha value is -2.63. The first-order chi connectivity index (χ1) is 11.8. The highest BCUT2D eigenvalue weighted by molar-refractivity contribution is 6.41. The number of aromatic hydroxyl groups is 1. The SMILES string of the molecule is CC1=CC(C)=N/C1=C(/c1ccc(O)cc1)c1c(C)cc(C)n1B(F)F. The molecule has 0 atom stereocenters. The molecule has 128 valence electrons. The second-order valence-electron chi connectivity index (χ2n) is 6.32. The lowest BCUT2D eigenvalue weighted by Gasteiger charge is -2.16. The van der Waals surface area contributed by atoms with Crippen molar-refractivity contribution in [2.24, 2.45) is 4.99 Å². The molecule has 0 amide bonds. The minimum atomic E-state index is -2.65. The van der Waals surface area contributed by atoms with Crippen LogP contribution >= 0.6 is 0 Å². The molecule has 0 radical (unpaired) electrons. The molecule has 3 nitrogen and oxygen atoms in total. The molecule has 1 N–H and O–H groups in total. The average Bonchev–Trinajstić information content (AvgIpc) is 3.01. The zero-order chi connectivity index (χ0) is 18.3. The van der Waals surface area contributed by atoms with E-state index in [-0.39, 0.29) is 5.75 Å². The maximum atomic E-state index is 13.8. The summed E-state index contributed by atoms with van der Waals surface area (Å²) >= 11 is 0. The van der Waals surface area contributed by atoms with Gasteiger partial charge in [-0.1, -0.05) is 12.1 Å². The van der Waals surface area contributed by atoms with Crippen LogP contribution in [0.2, 0.25) is 0 Å². The Morgan fingerprint density at radius 2 is 1.72 bits per heavy atom. The van der Waals surface area contributed by atoms with E-state index in [1.807, 2.05) is 26.8 Å². The number of nitrogens with zero attached hydrogens (tertiary/aromatic N) is 2. The number of phenolic OH excluding ortho intramolecular Hbond substituents is 1. The van der Waals surface area contributed by atoms with E-state index in [9.17, 15) is 13.7 Å². The van der Waals surface area contributed by atoms with E-state index >= 15 is 0 Å². The van der Waals surface area contributed by atoms with Crippen LogP contribution in [0.25, 0.3) is 5.57 Å². The van der Waals surface area contributed by atoms with Gasteiger partial charge in [-0.25, -0.2) is 0 Å². The Balaban J connectivity index is 2.38. The van der Waals surface area contributed by atoms with Gasteiger partial charge in [0.25, 0.3) is 0 Å². The zero-order valence-corrected chi connectivity index (χ0v) is 14.6. The summed E-state index contributed by atoms with van der Waals surface area (Å²) in [5.41, 5.74) is 5.57. The van der Waals surface area contributed by atoms with Gasteiger partial charge < -0.3 is 9.58 Å². The van der Waals surface area contributed by atoms with Crippen molar-refractivity contribution in [2.75, 3.05) is 0 Å². The van der Waals surface area contributed by atoms with Crippen molar-refractivity contribution < 1.29 is 13.7 Å². The highest BCUT2D eigenvalue weighted by Crippen LogP contribution is 2.37. The van der Waals surface area contributed by atoms with Crippen LogP contribution in [0.5, 0.6) is 5.75 Å². The summed E-state index contributed by atoms with van der Waals surface area (Å²) in [6, 6.07) is 8.32. The monoisotopic (exact) mass is 340 g/mol. The molecule has 2 heterocycles. The molecule has 0 fully saturated rings. The van der Waals surface area contributed by atoms with Crippen LogP contribution in [0, 0.1) is 13.8 Å². The number of aromatic nitrogens is 1. The van der Waals surface area contributed by atoms with Crippen LogP contribution < -0.4 is 0 Å². The van der Waals surface area contributed by atoms with Gasteiger partial charge in [-0.05, 0) is 68.7 Å². The van der Waals surface area contributed by atoms with E-state index < -0.39 is 7.40 Å². The molecule has 6 heteroatoms. The molecular weight excluding hydrogens is 321 g/mol. The maximum Gasteiger partial charge on any atom is 0.677 e. The van der Waals surface area contributed by atoms with Gasteiger partial charge in [0.1, 0.15) is 5.75 Å². The third-order valence-electron chi connectivity index (χ3n) is 4.33. The minimum Gasteiger partial charge on any atom is -0.508 e. The van der Waals surface area contributed by atoms with Crippen LogP contribution in [0.4, 0.5) is 8.63 Å². The lowest BCUT2D eigenvalue weighted by molar-refractivity contribution is 0.475. The fourth-order valence-corrected chi connectivity index (χ4v) is 3.33. The Bertz CT molecular complexity index is 922. The van der Waals surface area contributed by atoms with E-state index in [0.29, 0.717) is 22.7 Å². The van der Waals surface area contributed by atoms with E-state index in [2.05, 4.69) is 4.99 Å². The Morgan fingerprint density at radius 3 is 2.24 bits per heavy atom. The standard InChI is InChI=1S/C19H19BF2N2O/c1-11-9-13(3)23-18(11)17(15-5-7-16(25)8-6-15)19-12(2)10-14(4)24(19)20(21)22/h5-10,25H,1-4H3/b18-17-. The maximum absolute atomic E-state index is 13.8. The van der Waals surface area contributed by atoms with Gasteiger partial charge in [0, 0.05) is 22.7 Å². The summed E-state index contributed by atoms with van der Waals surface area (Å²) in [6.07, 6.45) is 1.94. The topological polar surface area (TPSA) is 37.5 Å². The molecule has 0 aliphatic carbocycles. The molecule has 2 aromatic rings. The average molecular weight is 340 g/mol. The third kappa shape index (κ3) is 3.04. The predicted octanol–water partition coefficient (Wildman–Crippen LogP) is 4.76. The van der Waals surface area contributed by atoms with Gasteiger partial charge >= 0.3 is 7.40 Å². The van der Waals surface area contributed by atoms with Gasteiger partial charge in [-0.3, -0.25) is 13.6 Å². The number of phenols is 1. The summed E-state index contributed by atoms with van der Waals surface area (Å²) in [5, 5.41) is 9.59. The predicted molar refractivity (Wildman–Crippen MR) is 98.3 cm³/mol. The van der Waals surface area contributed by atoms with Gasteiger partial charge in [0.05, 0.1) is 5.70 Å². The first-order valence-electron chi connectivity index (χ1n) is 8.04. The number of hydrogen-bond acceptors (Lipinski definition) is 2. The normalized spacial score (nSPS) is 15.9. The number of aryl methyl sites for hydroxylation is 2. The van der Waals surface area contributed by atoms with Crippen LogP contribution in [0.3, 0.4) is 0 Å². The molecule has 0 saturated carbocycles. The van der Waals surface area contributed by atoms with Crippen molar-refractivity contribution in [2.45, 2.75) is 27.7 Å². The van der Waals surface area contributed by atoms with Gasteiger partial charge in [-0.2, -0.15) is 0 Å². The number of benzene rings is 1. The number of allylic oxidation sites excluding steroid dienone is 2. The lowest BCUT2D eigenvalue weighted by Crippen LogP contribution is -2.18. The molecule has 0 bridgehead atoms. The first-order valence-corrected chi connectivity index (χ1v) is 8.04. The van der Waals surface area contributed by atoms with E-state index in [4.69, 9.17) is 0 Å². The number of rotatable bonds is 3. The van der Waals surface area contributed by atoms with Gasteiger partial charge in [0.15, 0.2) is 0 Å². The highest BCUT2D eigenvalue weighted by Gasteiger charge is 2.29. The molecule has 0 spiro atoms. The van der Waals surface area contributed by atoms with Crippen molar-refractivity contribution in [1.82, 2.24) is 4.48 Å². The van der Waals surface area contributed by atoms with Crippen LogP contribution in [0.1, 0.15) is 36.4 Å². The van der Waals surface area contributed by atoms with Crippen molar-refractivity contribution in [1.29, 1.82) is 0 Å². The van der Waals surface area contributed by atoms with Crippen LogP contribution in [-0.2, 0) is 0 Å². The lowest BCUT2D eigenvalue weighted by atomic mass is 9.94. The van der Waals surface area contributed by atoms with E-state index in [1.165, 1.54) is 0 Å². The summed E-state index contributed by atoms with van der Waals surface area (Å²) < 4.78 is 28.5. The quantitative estimate of drug-likeness (QED) is 0.804. The Morgan fingerprint density at radius 1 is 1.08 bits per heavy atom. The molecule has 1 aliphatic rings. The van der Waals surface area contributed by atoms with Crippen LogP contribution in [-0.4, -0.2) is 22.7 Å². The Labute approximate surface area is 146 Å². The molecule has 0 unspecified atom stereocenters. The van der Waals surface area contributed by atoms with E-state index in [0.717, 1.165) is 26.9 Å². The largest absolute Gasteiger partial charge is 0.677 e. The minimum absolute atomic E-state index is 0.128. The second kappa shape index (κ2) is 6.35. The summed E-state index contributed by atoms with van der Waals surface area (Å²) in [5.74, 6) is 0.128. The summed E-state index contributed by atoms with van der Waals surface area (Å²) in [4.78, 5) is 4.58. The summed E-state index contributed by atoms with van der Waals surface area (Å²) in [6.45, 7) is 7.31. The molecule has 0 saturated heterocycles. The summed E-state index contributed by atoms with van der Waals surface area (Å²) in [7, 11) is -2.65. The van der Waals surface area contributed by atoms with E-state index in [1.54, 1.807) is 37.3 Å². The number of halogens is 2. The fourth-order valence-electron chi connectivity index (χ4n) is 3.33. The zero-order valence-electron chi connectivity index (χ0n) is 14.6. The van der Waals surface area contributed by atoms with Gasteiger partial charge in [0.2, 0.25) is 0 Å². The number of hydrogen-bond donors (Lipinski definition) is 1. The molecule has 1 aliphatic heterocycles. The highest BCUT2D eigenvalue weighted by atomic mass is 19.2. The molecule has 1 aromatic heterocycles. The fraction of sp³-hybridized carbons (Fsp3) is 0.211. The van der Waals surface area contributed by atoms with Crippen molar-refractivity contribution >= 4 is 18.7 Å². The molecule has 25 heavy (non-hydrogen) atoms. The Kier molecular flexibility index (Phi) is 4.37. The smallest absolute Gasteiger partial charge is 0.508 e. The third-order valence-corrected chi connectivity index (χ3v) is 4.33. The van der Waals surface area contributed by atoms with Crippen LogP contribution in [0.15, 0.2) is 52.7 Å². The number of aliphatic imine (C=N–C) groups is 1. The van der Waals surface area contributed by atoms with Crippen molar-refractivity contribution in [3.8, 4) is 5.75 Å². The van der Waals surface area contributed by atoms with Gasteiger partial charge in [-0.15, -0.1) is 0 Å². The molecule has 3 rings (SSSR count). The second-order valence-corrected chi connectivity index (χ2v) is 6.32. The van der Waals surface area contributed by atoms with Crippen molar-refractivity contribution in [3.05, 3.63) is 70.2 Å². The molecule has 1 aromatic carbocycles.